The fourth-order valence-corrected chi connectivity index (χ4v) is 1.63. The summed E-state index contributed by atoms with van der Waals surface area (Å²) in [5.41, 5.74) is 2.11. The van der Waals surface area contributed by atoms with E-state index < -0.39 is 0 Å². The van der Waals surface area contributed by atoms with Gasteiger partial charge in [0.2, 0.25) is 0 Å². The zero-order chi connectivity index (χ0) is 10.1. The highest BCUT2D eigenvalue weighted by Crippen LogP contribution is 2.16. The molecular weight excluding hydrogens is 196 g/mol. The van der Waals surface area contributed by atoms with Crippen molar-refractivity contribution < 1.29 is 4.79 Å². The topological polar surface area (TPSA) is 41.1 Å². The minimum absolute atomic E-state index is 0.0844. The van der Waals surface area contributed by atoms with Gasteiger partial charge in [-0.15, -0.1) is 0 Å². The molecule has 0 unspecified atom stereocenters. The van der Waals surface area contributed by atoms with E-state index in [0.717, 1.165) is 5.56 Å². The van der Waals surface area contributed by atoms with Crippen molar-refractivity contribution in [1.82, 2.24) is 10.6 Å². The largest absolute Gasteiger partial charge is 0.347 e. The Labute approximate surface area is 87.5 Å². The minimum Gasteiger partial charge on any atom is -0.347 e. The van der Waals surface area contributed by atoms with E-state index in [9.17, 15) is 4.79 Å². The summed E-state index contributed by atoms with van der Waals surface area (Å²) in [6.45, 7) is 2.01. The quantitative estimate of drug-likeness (QED) is 0.675. The van der Waals surface area contributed by atoms with E-state index in [0.29, 0.717) is 5.11 Å². The number of hydrogen-bond donors (Lipinski definition) is 2. The van der Waals surface area contributed by atoms with Gasteiger partial charge in [-0.1, -0.05) is 29.8 Å². The summed E-state index contributed by atoms with van der Waals surface area (Å²) in [6, 6.07) is 7.49. The third-order valence-electron chi connectivity index (χ3n) is 2.19. The van der Waals surface area contributed by atoms with Crippen molar-refractivity contribution in [2.75, 3.05) is 0 Å². The van der Waals surface area contributed by atoms with E-state index in [4.69, 9.17) is 12.2 Å². The lowest BCUT2D eigenvalue weighted by Gasteiger charge is -2.07. The van der Waals surface area contributed by atoms with Crippen LogP contribution in [0.1, 0.15) is 17.2 Å². The molecule has 2 rings (SSSR count). The number of thiocarbonyl (C=S) groups is 1. The van der Waals surface area contributed by atoms with Crippen molar-refractivity contribution in [2.45, 2.75) is 13.0 Å². The molecule has 0 aromatic heterocycles. The summed E-state index contributed by atoms with van der Waals surface area (Å²) in [4.78, 5) is 11.4. The Bertz CT molecular complexity index is 386. The molecule has 14 heavy (non-hydrogen) atoms. The second-order valence-corrected chi connectivity index (χ2v) is 3.71. The number of amides is 1. The van der Waals surface area contributed by atoms with Crippen LogP contribution >= 0.6 is 12.2 Å². The van der Waals surface area contributed by atoms with Gasteiger partial charge < -0.3 is 10.6 Å². The number of benzene rings is 1. The smallest absolute Gasteiger partial charge is 0.253 e. The van der Waals surface area contributed by atoms with E-state index in [2.05, 4.69) is 10.6 Å². The van der Waals surface area contributed by atoms with Crippen LogP contribution in [0.3, 0.4) is 0 Å². The molecule has 1 aliphatic rings. The fraction of sp³-hybridized carbons (Fsp3) is 0.200. The first-order valence-corrected chi connectivity index (χ1v) is 4.75. The van der Waals surface area contributed by atoms with Gasteiger partial charge in [0.1, 0.15) is 6.04 Å². The summed E-state index contributed by atoms with van der Waals surface area (Å²) in [6.07, 6.45) is 0. The van der Waals surface area contributed by atoms with E-state index in [1.807, 2.05) is 31.2 Å². The van der Waals surface area contributed by atoms with Gasteiger partial charge in [0.25, 0.3) is 5.91 Å². The lowest BCUT2D eigenvalue weighted by molar-refractivity contribution is -0.120. The summed E-state index contributed by atoms with van der Waals surface area (Å²) in [7, 11) is 0. The minimum atomic E-state index is -0.330. The molecule has 0 bridgehead atoms. The second-order valence-electron chi connectivity index (χ2n) is 3.31. The van der Waals surface area contributed by atoms with Gasteiger partial charge >= 0.3 is 0 Å². The van der Waals surface area contributed by atoms with Crippen LogP contribution in [-0.4, -0.2) is 11.0 Å². The van der Waals surface area contributed by atoms with Crippen molar-refractivity contribution in [2.24, 2.45) is 0 Å². The van der Waals surface area contributed by atoms with Gasteiger partial charge in [0.05, 0.1) is 0 Å². The van der Waals surface area contributed by atoms with Crippen LogP contribution in [0.5, 0.6) is 0 Å². The Morgan fingerprint density at radius 2 is 1.93 bits per heavy atom. The standard InChI is InChI=1S/C10H10N2OS/c1-6-2-4-7(5-3-6)8-9(13)12-10(14)11-8/h2-5,8H,1H3,(H2,11,12,13,14)/t8-/m1/s1. The summed E-state index contributed by atoms with van der Waals surface area (Å²) >= 11 is 4.86. The summed E-state index contributed by atoms with van der Waals surface area (Å²) < 4.78 is 0. The molecule has 2 N–H and O–H groups in total. The summed E-state index contributed by atoms with van der Waals surface area (Å²) in [5, 5.41) is 5.87. The van der Waals surface area contributed by atoms with Gasteiger partial charge in [0, 0.05) is 0 Å². The number of hydrogen-bond acceptors (Lipinski definition) is 2. The lowest BCUT2D eigenvalue weighted by Crippen LogP contribution is -2.21. The molecule has 72 valence electrons. The molecule has 0 aliphatic carbocycles. The van der Waals surface area contributed by atoms with Crippen molar-refractivity contribution >= 4 is 23.2 Å². The summed E-state index contributed by atoms with van der Waals surface area (Å²) in [5.74, 6) is -0.0844. The zero-order valence-electron chi connectivity index (χ0n) is 7.70. The van der Waals surface area contributed by atoms with E-state index in [1.165, 1.54) is 5.56 Å². The molecule has 3 nitrogen and oxygen atoms in total. The van der Waals surface area contributed by atoms with E-state index in [1.54, 1.807) is 0 Å². The van der Waals surface area contributed by atoms with Crippen LogP contribution in [0.4, 0.5) is 0 Å². The molecular formula is C10H10N2OS. The number of nitrogens with one attached hydrogen (secondary N) is 2. The maximum atomic E-state index is 11.4. The van der Waals surface area contributed by atoms with E-state index in [-0.39, 0.29) is 11.9 Å². The third-order valence-corrected chi connectivity index (χ3v) is 2.40. The first-order valence-electron chi connectivity index (χ1n) is 4.35. The molecule has 1 fully saturated rings. The third kappa shape index (κ3) is 1.61. The second kappa shape index (κ2) is 3.38. The van der Waals surface area contributed by atoms with Crippen molar-refractivity contribution in [1.29, 1.82) is 0 Å². The average molecular weight is 206 g/mol. The average Bonchev–Trinajstić information content (AvgIpc) is 2.47. The first-order chi connectivity index (χ1) is 6.66. The van der Waals surface area contributed by atoms with Crippen molar-refractivity contribution in [3.8, 4) is 0 Å². The number of carbonyl (C=O) groups excluding carboxylic acids is 1. The van der Waals surface area contributed by atoms with E-state index >= 15 is 0 Å². The van der Waals surface area contributed by atoms with Gasteiger partial charge in [-0.05, 0) is 24.7 Å². The molecule has 1 amide bonds. The number of carbonyl (C=O) groups is 1. The maximum Gasteiger partial charge on any atom is 0.253 e. The Morgan fingerprint density at radius 1 is 1.29 bits per heavy atom. The van der Waals surface area contributed by atoms with Crippen LogP contribution in [0.25, 0.3) is 0 Å². The molecule has 4 heteroatoms. The highest BCUT2D eigenvalue weighted by atomic mass is 32.1. The molecule has 1 aliphatic heterocycles. The molecule has 0 radical (unpaired) electrons. The Morgan fingerprint density at radius 3 is 2.43 bits per heavy atom. The lowest BCUT2D eigenvalue weighted by atomic mass is 10.1. The SMILES string of the molecule is Cc1ccc([C@H]2NC(=S)NC2=O)cc1. The van der Waals surface area contributed by atoms with Crippen LogP contribution in [0.15, 0.2) is 24.3 Å². The molecule has 1 atom stereocenters. The molecule has 0 saturated carbocycles. The van der Waals surface area contributed by atoms with Crippen LogP contribution < -0.4 is 10.6 Å². The molecule has 0 spiro atoms. The Hall–Kier alpha value is -1.42. The van der Waals surface area contributed by atoms with Crippen molar-refractivity contribution in [3.05, 3.63) is 35.4 Å². The molecule has 1 heterocycles. The van der Waals surface area contributed by atoms with Gasteiger partial charge in [-0.2, -0.15) is 0 Å². The van der Waals surface area contributed by atoms with Crippen LogP contribution in [-0.2, 0) is 4.79 Å². The predicted molar refractivity (Wildman–Crippen MR) is 57.8 cm³/mol. The van der Waals surface area contributed by atoms with Gasteiger partial charge in [-0.25, -0.2) is 0 Å². The monoisotopic (exact) mass is 206 g/mol. The predicted octanol–water partition coefficient (Wildman–Crippen LogP) is 1.04. The highest BCUT2D eigenvalue weighted by Gasteiger charge is 2.28. The Balaban J connectivity index is 2.27. The number of rotatable bonds is 1. The zero-order valence-corrected chi connectivity index (χ0v) is 8.52. The molecule has 1 saturated heterocycles. The molecule has 1 aromatic rings. The fourth-order valence-electron chi connectivity index (χ4n) is 1.41. The molecule has 1 aromatic carbocycles. The van der Waals surface area contributed by atoms with Crippen LogP contribution in [0.2, 0.25) is 0 Å². The normalized spacial score (nSPS) is 20.5. The number of aryl methyl sites for hydroxylation is 1. The van der Waals surface area contributed by atoms with Crippen molar-refractivity contribution in [3.63, 3.8) is 0 Å². The van der Waals surface area contributed by atoms with Crippen LogP contribution in [0, 0.1) is 6.92 Å². The van der Waals surface area contributed by atoms with Gasteiger partial charge in [0.15, 0.2) is 5.11 Å². The first kappa shape index (κ1) is 9.15. The maximum absolute atomic E-state index is 11.4. The van der Waals surface area contributed by atoms with Gasteiger partial charge in [-0.3, -0.25) is 4.79 Å². The Kier molecular flexibility index (Phi) is 2.21. The highest BCUT2D eigenvalue weighted by molar-refractivity contribution is 7.80.